The number of rotatable bonds is 7. The van der Waals surface area contributed by atoms with E-state index >= 15 is 0 Å². The summed E-state index contributed by atoms with van der Waals surface area (Å²) in [6.07, 6.45) is 2.45. The second kappa shape index (κ2) is 8.97. The molecule has 1 amide bonds. The minimum Gasteiger partial charge on any atom is -0.340 e. The smallest absolute Gasteiger partial charge is 0.261 e. The zero-order chi connectivity index (χ0) is 21.0. The molecule has 6 nitrogen and oxygen atoms in total. The number of nitrogens with one attached hydrogen (secondary N) is 1. The normalized spacial score (nSPS) is 14.7. The number of benzene rings is 2. The topological polar surface area (TPSA) is 69.7 Å². The predicted octanol–water partition coefficient (Wildman–Crippen LogP) is 3.27. The summed E-state index contributed by atoms with van der Waals surface area (Å²) in [5, 5.41) is 0. The van der Waals surface area contributed by atoms with E-state index in [-0.39, 0.29) is 10.8 Å². The van der Waals surface area contributed by atoms with Crippen molar-refractivity contribution >= 4 is 21.6 Å². The molecule has 1 aliphatic heterocycles. The number of hydrogen-bond acceptors (Lipinski definition) is 4. The molecule has 0 radical (unpaired) electrons. The zero-order valence-corrected chi connectivity index (χ0v) is 18.1. The van der Waals surface area contributed by atoms with Crippen molar-refractivity contribution < 1.29 is 13.2 Å². The molecule has 7 heteroatoms. The molecular formula is C22H29N3O3S. The lowest BCUT2D eigenvalue weighted by molar-refractivity contribution is 0.0782. The van der Waals surface area contributed by atoms with Gasteiger partial charge in [-0.1, -0.05) is 6.07 Å². The first kappa shape index (κ1) is 21.3. The van der Waals surface area contributed by atoms with E-state index in [1.54, 1.807) is 36.2 Å². The van der Waals surface area contributed by atoms with E-state index in [0.29, 0.717) is 17.8 Å². The van der Waals surface area contributed by atoms with Gasteiger partial charge in [-0.05, 0) is 87.3 Å². The molecule has 0 aromatic heterocycles. The highest BCUT2D eigenvalue weighted by Crippen LogP contribution is 2.20. The van der Waals surface area contributed by atoms with Crippen molar-refractivity contribution in [2.24, 2.45) is 0 Å². The first-order valence-corrected chi connectivity index (χ1v) is 11.4. The van der Waals surface area contributed by atoms with Crippen molar-refractivity contribution in [3.63, 3.8) is 0 Å². The fraction of sp³-hybridized carbons (Fsp3) is 0.409. The van der Waals surface area contributed by atoms with Crippen LogP contribution in [0.15, 0.2) is 47.4 Å². The van der Waals surface area contributed by atoms with E-state index in [1.165, 1.54) is 25.0 Å². The monoisotopic (exact) mass is 415 g/mol. The van der Waals surface area contributed by atoms with Gasteiger partial charge in [0.2, 0.25) is 0 Å². The molecule has 1 fully saturated rings. The van der Waals surface area contributed by atoms with Gasteiger partial charge >= 0.3 is 0 Å². The van der Waals surface area contributed by atoms with Crippen LogP contribution in [-0.2, 0) is 10.0 Å². The maximum Gasteiger partial charge on any atom is 0.261 e. The third kappa shape index (κ3) is 5.36. The van der Waals surface area contributed by atoms with Crippen LogP contribution in [0.25, 0.3) is 0 Å². The molecule has 156 valence electrons. The Kier molecular flexibility index (Phi) is 6.59. The third-order valence-electron chi connectivity index (χ3n) is 5.47. The van der Waals surface area contributed by atoms with Crippen LogP contribution in [-0.4, -0.2) is 57.4 Å². The van der Waals surface area contributed by atoms with Gasteiger partial charge in [0.1, 0.15) is 0 Å². The molecule has 0 saturated carbocycles. The van der Waals surface area contributed by atoms with Gasteiger partial charge in [-0.25, -0.2) is 8.42 Å². The lowest BCUT2D eigenvalue weighted by atomic mass is 10.1. The van der Waals surface area contributed by atoms with Gasteiger partial charge in [0.25, 0.3) is 15.9 Å². The molecule has 2 aromatic rings. The Morgan fingerprint density at radius 2 is 1.69 bits per heavy atom. The molecular weight excluding hydrogens is 386 g/mol. The first-order valence-electron chi connectivity index (χ1n) is 9.94. The number of likely N-dealkylation sites (tertiary alicyclic amines) is 1. The summed E-state index contributed by atoms with van der Waals surface area (Å²) in [4.78, 5) is 16.8. The highest BCUT2D eigenvalue weighted by Gasteiger charge is 2.18. The van der Waals surface area contributed by atoms with Crippen LogP contribution in [0, 0.1) is 13.8 Å². The number of sulfonamides is 1. The number of anilines is 1. The number of amides is 1. The second-order valence-electron chi connectivity index (χ2n) is 7.70. The number of hydrogen-bond donors (Lipinski definition) is 1. The largest absolute Gasteiger partial charge is 0.340 e. The zero-order valence-electron chi connectivity index (χ0n) is 17.3. The van der Waals surface area contributed by atoms with Gasteiger partial charge in [0, 0.05) is 31.4 Å². The molecule has 0 atom stereocenters. The fourth-order valence-electron chi connectivity index (χ4n) is 3.42. The van der Waals surface area contributed by atoms with Crippen LogP contribution in [0.4, 0.5) is 5.69 Å². The molecule has 0 unspecified atom stereocenters. The van der Waals surface area contributed by atoms with E-state index in [9.17, 15) is 13.2 Å². The minimum atomic E-state index is -3.71. The molecule has 1 aliphatic rings. The quantitative estimate of drug-likeness (QED) is 0.754. The highest BCUT2D eigenvalue weighted by atomic mass is 32.2. The molecule has 2 aromatic carbocycles. The Balaban J connectivity index is 1.64. The number of nitrogens with zero attached hydrogens (tertiary/aromatic N) is 2. The van der Waals surface area contributed by atoms with Crippen LogP contribution in [0.2, 0.25) is 0 Å². The summed E-state index contributed by atoms with van der Waals surface area (Å²) >= 11 is 0. The molecule has 1 saturated heterocycles. The van der Waals surface area contributed by atoms with Crippen molar-refractivity contribution in [3.8, 4) is 0 Å². The van der Waals surface area contributed by atoms with Crippen molar-refractivity contribution in [1.29, 1.82) is 0 Å². The Morgan fingerprint density at radius 3 is 2.31 bits per heavy atom. The molecule has 29 heavy (non-hydrogen) atoms. The first-order chi connectivity index (χ1) is 13.8. The average molecular weight is 416 g/mol. The molecule has 0 bridgehead atoms. The number of carbonyl (C=O) groups excluding carboxylic acids is 1. The molecule has 1 N–H and O–H groups in total. The second-order valence-corrected chi connectivity index (χ2v) is 9.39. The van der Waals surface area contributed by atoms with Crippen LogP contribution in [0.1, 0.15) is 34.3 Å². The summed E-state index contributed by atoms with van der Waals surface area (Å²) in [6.45, 7) is 7.64. The Morgan fingerprint density at radius 1 is 1.03 bits per heavy atom. The predicted molar refractivity (Wildman–Crippen MR) is 116 cm³/mol. The van der Waals surface area contributed by atoms with Crippen LogP contribution < -0.4 is 4.72 Å². The van der Waals surface area contributed by atoms with Gasteiger partial charge in [-0.3, -0.25) is 9.52 Å². The van der Waals surface area contributed by atoms with Crippen LogP contribution >= 0.6 is 0 Å². The van der Waals surface area contributed by atoms with E-state index in [1.807, 2.05) is 19.9 Å². The van der Waals surface area contributed by atoms with E-state index in [0.717, 1.165) is 30.8 Å². The molecule has 1 heterocycles. The van der Waals surface area contributed by atoms with Gasteiger partial charge in [0.05, 0.1) is 4.90 Å². The standard InChI is InChI=1S/C22H29N3O3S/c1-17-6-9-20(16-18(17)2)23-29(27,28)21-10-7-19(8-11-21)22(26)24(3)14-15-25-12-4-5-13-25/h6-11,16,23H,4-5,12-15H2,1-3H3. The number of aryl methyl sites for hydroxylation is 2. The summed E-state index contributed by atoms with van der Waals surface area (Å²) in [5.41, 5.74) is 3.13. The van der Waals surface area contributed by atoms with Gasteiger partial charge in [-0.15, -0.1) is 0 Å². The maximum atomic E-state index is 12.7. The number of likely N-dealkylation sites (N-methyl/N-ethyl adjacent to an activating group) is 1. The van der Waals surface area contributed by atoms with Gasteiger partial charge in [-0.2, -0.15) is 0 Å². The van der Waals surface area contributed by atoms with Gasteiger partial charge in [0.15, 0.2) is 0 Å². The third-order valence-corrected chi connectivity index (χ3v) is 6.86. The van der Waals surface area contributed by atoms with E-state index in [4.69, 9.17) is 0 Å². The SMILES string of the molecule is Cc1ccc(NS(=O)(=O)c2ccc(C(=O)N(C)CCN3CCCC3)cc2)cc1C. The minimum absolute atomic E-state index is 0.102. The van der Waals surface area contributed by atoms with Crippen molar-refractivity contribution in [1.82, 2.24) is 9.80 Å². The van der Waals surface area contributed by atoms with Crippen molar-refractivity contribution in [3.05, 3.63) is 59.2 Å². The lowest BCUT2D eigenvalue weighted by Gasteiger charge is -2.21. The van der Waals surface area contributed by atoms with E-state index < -0.39 is 10.0 Å². The molecule has 0 aliphatic carbocycles. The fourth-order valence-corrected chi connectivity index (χ4v) is 4.46. The maximum absolute atomic E-state index is 12.7. The van der Waals surface area contributed by atoms with Crippen LogP contribution in [0.5, 0.6) is 0 Å². The van der Waals surface area contributed by atoms with Crippen molar-refractivity contribution in [2.75, 3.05) is 37.9 Å². The Labute approximate surface area is 173 Å². The molecule has 0 spiro atoms. The number of carbonyl (C=O) groups is 1. The van der Waals surface area contributed by atoms with E-state index in [2.05, 4.69) is 9.62 Å². The average Bonchev–Trinajstić information content (AvgIpc) is 3.22. The van der Waals surface area contributed by atoms with Crippen LogP contribution in [0.3, 0.4) is 0 Å². The highest BCUT2D eigenvalue weighted by molar-refractivity contribution is 7.92. The van der Waals surface area contributed by atoms with Gasteiger partial charge < -0.3 is 9.80 Å². The Hall–Kier alpha value is -2.38. The molecule has 3 rings (SSSR count). The van der Waals surface area contributed by atoms with Crippen molar-refractivity contribution in [2.45, 2.75) is 31.6 Å². The Bertz CT molecular complexity index is 965. The summed E-state index contributed by atoms with van der Waals surface area (Å²) < 4.78 is 27.9. The summed E-state index contributed by atoms with van der Waals surface area (Å²) in [7, 11) is -1.93. The lowest BCUT2D eigenvalue weighted by Crippen LogP contribution is -2.35. The summed E-state index contributed by atoms with van der Waals surface area (Å²) in [5.74, 6) is -0.102. The summed E-state index contributed by atoms with van der Waals surface area (Å²) in [6, 6.07) is 11.5.